The Morgan fingerprint density at radius 2 is 1.50 bits per heavy atom. The molecule has 0 unspecified atom stereocenters. The summed E-state index contributed by atoms with van der Waals surface area (Å²) in [5.74, 6) is 0. The highest BCUT2D eigenvalue weighted by molar-refractivity contribution is 6.08. The summed E-state index contributed by atoms with van der Waals surface area (Å²) in [6, 6.07) is 0. The highest BCUT2D eigenvalue weighted by Crippen LogP contribution is 2.37. The predicted molar refractivity (Wildman–Crippen MR) is 58.7 cm³/mol. The summed E-state index contributed by atoms with van der Waals surface area (Å²) >= 11 is 0. The molecule has 0 N–H and O–H groups in total. The van der Waals surface area contributed by atoms with Crippen molar-refractivity contribution < 1.29 is 0 Å². The van der Waals surface area contributed by atoms with Gasteiger partial charge in [-0.2, -0.15) is 0 Å². The molecule has 12 heavy (non-hydrogen) atoms. The minimum Gasteiger partial charge on any atom is -0.297 e. The smallest absolute Gasteiger partial charge is 0.0205 e. The molecule has 1 heterocycles. The maximum atomic E-state index is 2.70. The third-order valence-corrected chi connectivity index (χ3v) is 3.99. The molecule has 1 nitrogen and oxygen atoms in total. The fourth-order valence-corrected chi connectivity index (χ4v) is 4.61. The maximum absolute atomic E-state index is 2.70. The summed E-state index contributed by atoms with van der Waals surface area (Å²) in [7, 11) is 1.30. The Hall–Kier alpha value is 0.177. The second kappa shape index (κ2) is 3.15. The van der Waals surface area contributed by atoms with Gasteiger partial charge in [-0.05, 0) is 53.1 Å². The molecule has 0 aliphatic carbocycles. The first-order chi connectivity index (χ1) is 5.40. The molecule has 0 aromatic carbocycles. The Morgan fingerprint density at radius 3 is 1.75 bits per heavy atom. The van der Waals surface area contributed by atoms with Crippen molar-refractivity contribution >= 4 is 10.2 Å². The van der Waals surface area contributed by atoms with E-state index < -0.39 is 0 Å². The number of rotatable bonds is 1. The summed E-state index contributed by atoms with van der Waals surface area (Å²) in [5.41, 5.74) is 0.896. The molecule has 0 amide bonds. The summed E-state index contributed by atoms with van der Waals surface area (Å²) in [6.07, 6.45) is 5.47. The zero-order valence-electron chi connectivity index (χ0n) is 9.28. The van der Waals surface area contributed by atoms with Crippen molar-refractivity contribution in [2.24, 2.45) is 0 Å². The average molecular weight is 185 g/mol. The quantitative estimate of drug-likeness (QED) is 0.558. The molecule has 0 radical (unpaired) electrons. The lowest BCUT2D eigenvalue weighted by atomic mass is 9.80. The molecule has 0 bridgehead atoms. The van der Waals surface area contributed by atoms with Crippen LogP contribution in [0.15, 0.2) is 0 Å². The first-order valence-corrected chi connectivity index (χ1v) is 6.59. The van der Waals surface area contributed by atoms with E-state index in [2.05, 4.69) is 32.6 Å². The van der Waals surface area contributed by atoms with E-state index in [1.54, 1.807) is 0 Å². The van der Waals surface area contributed by atoms with E-state index in [1.807, 2.05) is 0 Å². The Labute approximate surface area is 79.9 Å². The van der Waals surface area contributed by atoms with Gasteiger partial charge in [-0.15, -0.1) is 0 Å². The summed E-state index contributed by atoms with van der Waals surface area (Å²) in [5, 5.41) is 0. The lowest BCUT2D eigenvalue weighted by Crippen LogP contribution is -2.58. The number of nitrogens with zero attached hydrogens (tertiary/aromatic N) is 1. The van der Waals surface area contributed by atoms with Crippen LogP contribution < -0.4 is 0 Å². The van der Waals surface area contributed by atoms with Gasteiger partial charge < -0.3 is 0 Å². The van der Waals surface area contributed by atoms with Gasteiger partial charge in [-0.25, -0.2) is 0 Å². The van der Waals surface area contributed by atoms with E-state index in [0.29, 0.717) is 11.1 Å². The first kappa shape index (κ1) is 10.3. The molecule has 0 saturated carbocycles. The maximum Gasteiger partial charge on any atom is 0.0205 e. The Balaban J connectivity index is 2.81. The van der Waals surface area contributed by atoms with E-state index >= 15 is 0 Å². The minimum absolute atomic E-state index is 0.448. The van der Waals surface area contributed by atoms with E-state index in [-0.39, 0.29) is 0 Å². The van der Waals surface area contributed by atoms with Gasteiger partial charge in [0.05, 0.1) is 0 Å². The van der Waals surface area contributed by atoms with Crippen LogP contribution in [0.2, 0.25) is 0 Å². The van der Waals surface area contributed by atoms with Crippen LogP contribution in [0.5, 0.6) is 0 Å². The van der Waals surface area contributed by atoms with Gasteiger partial charge >= 0.3 is 0 Å². The third-order valence-electron chi connectivity index (χ3n) is 3.35. The molecule has 0 aromatic rings. The molecule has 72 valence electrons. The summed E-state index contributed by atoms with van der Waals surface area (Å²) < 4.78 is 0. The van der Waals surface area contributed by atoms with Crippen molar-refractivity contribution in [3.05, 3.63) is 0 Å². The van der Waals surface area contributed by atoms with Gasteiger partial charge in [-0.1, -0.05) is 0 Å². The Kier molecular flexibility index (Phi) is 2.69. The largest absolute Gasteiger partial charge is 0.297 e. The minimum atomic E-state index is 0.448. The van der Waals surface area contributed by atoms with Crippen molar-refractivity contribution in [2.75, 3.05) is 6.17 Å². The molecular formula is C10H23NSi. The molecular weight excluding hydrogens is 162 g/mol. The van der Waals surface area contributed by atoms with Crippen LogP contribution in [-0.2, 0) is 0 Å². The molecule has 1 rings (SSSR count). The summed E-state index contributed by atoms with van der Waals surface area (Å²) in [6.45, 7) is 9.58. The van der Waals surface area contributed by atoms with Crippen molar-refractivity contribution in [3.8, 4) is 0 Å². The number of hydrogen-bond acceptors (Lipinski definition) is 1. The second-order valence-electron chi connectivity index (χ2n) is 5.22. The number of hydrogen-bond donors (Lipinski definition) is 0. The highest BCUT2D eigenvalue weighted by atomic mass is 28.1. The van der Waals surface area contributed by atoms with Crippen LogP contribution in [0, 0.1) is 0 Å². The molecule has 0 atom stereocenters. The number of piperidine rings is 1. The van der Waals surface area contributed by atoms with Gasteiger partial charge in [0.1, 0.15) is 0 Å². The van der Waals surface area contributed by atoms with Crippen molar-refractivity contribution in [3.63, 3.8) is 0 Å². The van der Waals surface area contributed by atoms with Gasteiger partial charge in [-0.3, -0.25) is 4.90 Å². The molecule has 1 aliphatic rings. The van der Waals surface area contributed by atoms with Gasteiger partial charge in [0.15, 0.2) is 0 Å². The van der Waals surface area contributed by atoms with Crippen molar-refractivity contribution in [1.82, 2.24) is 4.90 Å². The first-order valence-electron chi connectivity index (χ1n) is 5.18. The monoisotopic (exact) mass is 185 g/mol. The van der Waals surface area contributed by atoms with Crippen LogP contribution in [0.4, 0.5) is 0 Å². The van der Waals surface area contributed by atoms with Crippen LogP contribution in [0.1, 0.15) is 47.0 Å². The van der Waals surface area contributed by atoms with Crippen LogP contribution in [0.3, 0.4) is 0 Å². The third kappa shape index (κ3) is 1.74. The molecule has 1 aliphatic heterocycles. The Morgan fingerprint density at radius 1 is 1.08 bits per heavy atom. The average Bonchev–Trinajstić information content (AvgIpc) is 1.83. The standard InChI is InChI=1S/C10H23NSi/c1-9(2)6-5-7-10(3,4)11(9)8-12/h5-8H2,1-4,12H3. The summed E-state index contributed by atoms with van der Waals surface area (Å²) in [4.78, 5) is 2.70. The predicted octanol–water partition coefficient (Wildman–Crippen LogP) is 1.35. The molecule has 1 fully saturated rings. The zero-order chi connectivity index (χ0) is 9.41. The number of likely N-dealkylation sites (tertiary alicyclic amines) is 1. The van der Waals surface area contributed by atoms with E-state index in [0.717, 1.165) is 0 Å². The van der Waals surface area contributed by atoms with Crippen LogP contribution in [-0.4, -0.2) is 32.4 Å². The fourth-order valence-electron chi connectivity index (χ4n) is 2.90. The lowest BCUT2D eigenvalue weighted by molar-refractivity contribution is -0.00991. The van der Waals surface area contributed by atoms with Gasteiger partial charge in [0, 0.05) is 21.3 Å². The van der Waals surface area contributed by atoms with Crippen LogP contribution in [0.25, 0.3) is 0 Å². The topological polar surface area (TPSA) is 3.24 Å². The molecule has 0 spiro atoms. The fraction of sp³-hybridized carbons (Fsp3) is 1.00. The van der Waals surface area contributed by atoms with Crippen molar-refractivity contribution in [2.45, 2.75) is 58.0 Å². The molecule has 2 heteroatoms. The Bertz CT molecular complexity index is 147. The van der Waals surface area contributed by atoms with Crippen molar-refractivity contribution in [1.29, 1.82) is 0 Å². The lowest BCUT2D eigenvalue weighted by Gasteiger charge is -2.52. The van der Waals surface area contributed by atoms with E-state index in [4.69, 9.17) is 0 Å². The van der Waals surface area contributed by atoms with E-state index in [9.17, 15) is 0 Å². The van der Waals surface area contributed by atoms with Crippen LogP contribution >= 0.6 is 0 Å². The van der Waals surface area contributed by atoms with Gasteiger partial charge in [0.25, 0.3) is 0 Å². The van der Waals surface area contributed by atoms with Gasteiger partial charge in [0.2, 0.25) is 0 Å². The zero-order valence-corrected chi connectivity index (χ0v) is 11.3. The second-order valence-corrected chi connectivity index (χ2v) is 5.86. The molecule has 0 aromatic heterocycles. The molecule has 1 saturated heterocycles. The normalized spacial score (nSPS) is 29.0. The van der Waals surface area contributed by atoms with E-state index in [1.165, 1.54) is 35.7 Å². The SMILES string of the molecule is CC1(C)CCCC(C)(C)N1C[SiH3]. The highest BCUT2D eigenvalue weighted by Gasteiger charge is 2.39.